The minimum Gasteiger partial charge on any atom is -0.466 e. The first-order valence-corrected chi connectivity index (χ1v) is 19.4. The predicted octanol–water partition coefficient (Wildman–Crippen LogP) is 5.21. The van der Waals surface area contributed by atoms with Gasteiger partial charge in [-0.05, 0) is 49.7 Å². The number of carbonyl (C=O) groups excluding carboxylic acids is 3. The lowest BCUT2D eigenvalue weighted by Gasteiger charge is -2.51. The van der Waals surface area contributed by atoms with E-state index in [4.69, 9.17) is 33.2 Å². The average molecular weight is 755 g/mol. The van der Waals surface area contributed by atoms with Crippen LogP contribution in [0, 0.1) is 10.8 Å². The number of hydrogen-bond acceptors (Lipinski definition) is 13. The first kappa shape index (κ1) is 45.0. The quantitative estimate of drug-likeness (QED) is 0.0921. The predicted molar refractivity (Wildman–Crippen MR) is 195 cm³/mol. The SMILES string of the molecule is CCCCCCCC(=O)O[C@H]1/C(=C/C(=O)OC)C[C@H]2C[C@H]([C@@H](C)O)OC(=O)C[C@H](O)CCO[C@H](C(C)(C)C)C[C@@H]3CCO[C@H](/C=C/C(C)(C)[C@]1(O)O2)O3. The Morgan fingerprint density at radius 2 is 1.74 bits per heavy atom. The van der Waals surface area contributed by atoms with Gasteiger partial charge in [-0.1, -0.05) is 73.3 Å². The minimum absolute atomic E-state index is 0.0160. The van der Waals surface area contributed by atoms with E-state index < -0.39 is 65.9 Å². The number of ether oxygens (including phenoxy) is 7. The van der Waals surface area contributed by atoms with E-state index in [0.717, 1.165) is 25.7 Å². The molecule has 2 fully saturated rings. The Labute approximate surface area is 315 Å². The summed E-state index contributed by atoms with van der Waals surface area (Å²) in [6.45, 7) is 13.8. The molecular weight excluding hydrogens is 688 g/mol. The summed E-state index contributed by atoms with van der Waals surface area (Å²) in [5, 5.41) is 34.1. The van der Waals surface area contributed by atoms with Crippen LogP contribution in [0.25, 0.3) is 0 Å². The number of rotatable bonds is 9. The Morgan fingerprint density at radius 1 is 1.04 bits per heavy atom. The van der Waals surface area contributed by atoms with Gasteiger partial charge in [0.2, 0.25) is 5.79 Å². The molecule has 3 heterocycles. The van der Waals surface area contributed by atoms with Gasteiger partial charge in [0.05, 0.1) is 50.7 Å². The van der Waals surface area contributed by atoms with Gasteiger partial charge < -0.3 is 48.5 Å². The van der Waals surface area contributed by atoms with Crippen molar-refractivity contribution in [1.82, 2.24) is 0 Å². The van der Waals surface area contributed by atoms with Crippen LogP contribution in [0.5, 0.6) is 0 Å². The molecule has 0 radical (unpaired) electrons. The lowest BCUT2D eigenvalue weighted by Crippen LogP contribution is -2.62. The molecule has 304 valence electrons. The second kappa shape index (κ2) is 20.5. The summed E-state index contributed by atoms with van der Waals surface area (Å²) in [6.07, 6.45) is 3.30. The van der Waals surface area contributed by atoms with Crippen LogP contribution in [0.4, 0.5) is 0 Å². The fourth-order valence-electron chi connectivity index (χ4n) is 6.86. The first-order valence-electron chi connectivity index (χ1n) is 19.4. The van der Waals surface area contributed by atoms with Gasteiger partial charge in [0.1, 0.15) is 6.10 Å². The number of hydrogen-bond donors (Lipinski definition) is 3. The van der Waals surface area contributed by atoms with Gasteiger partial charge >= 0.3 is 17.9 Å². The van der Waals surface area contributed by atoms with E-state index in [-0.39, 0.29) is 61.9 Å². The molecule has 0 aromatic carbocycles. The van der Waals surface area contributed by atoms with E-state index in [0.29, 0.717) is 25.9 Å². The summed E-state index contributed by atoms with van der Waals surface area (Å²) in [5.74, 6) is -4.28. The molecule has 0 unspecified atom stereocenters. The average Bonchev–Trinajstić information content (AvgIpc) is 3.07. The number of aliphatic hydroxyl groups is 3. The zero-order valence-electron chi connectivity index (χ0n) is 33.2. The number of esters is 3. The minimum atomic E-state index is -2.27. The van der Waals surface area contributed by atoms with Crippen LogP contribution in [0.2, 0.25) is 0 Å². The number of unbranched alkanes of at least 4 members (excludes halogenated alkanes) is 4. The zero-order chi connectivity index (χ0) is 39.4. The molecule has 13 heteroatoms. The van der Waals surface area contributed by atoms with E-state index in [2.05, 4.69) is 27.7 Å². The largest absolute Gasteiger partial charge is 0.466 e. The summed E-state index contributed by atoms with van der Waals surface area (Å²) in [6, 6.07) is 0. The van der Waals surface area contributed by atoms with Crippen molar-refractivity contribution in [2.75, 3.05) is 20.3 Å². The Morgan fingerprint density at radius 3 is 2.40 bits per heavy atom. The Balaban J connectivity index is 2.06. The van der Waals surface area contributed by atoms with E-state index in [1.165, 1.54) is 20.1 Å². The summed E-state index contributed by atoms with van der Waals surface area (Å²) in [7, 11) is 1.22. The van der Waals surface area contributed by atoms with Crippen molar-refractivity contribution in [3.8, 4) is 0 Å². The molecule has 0 amide bonds. The number of aliphatic hydroxyl groups excluding tert-OH is 2. The number of carbonyl (C=O) groups is 3. The van der Waals surface area contributed by atoms with Crippen molar-refractivity contribution in [3.05, 3.63) is 23.8 Å². The topological polar surface area (TPSA) is 177 Å². The zero-order valence-corrected chi connectivity index (χ0v) is 33.2. The Hall–Kier alpha value is -2.39. The van der Waals surface area contributed by atoms with Gasteiger partial charge in [0.15, 0.2) is 12.4 Å². The molecule has 3 aliphatic heterocycles. The second-order valence-electron chi connectivity index (χ2n) is 16.4. The van der Waals surface area contributed by atoms with Crippen molar-refractivity contribution >= 4 is 17.9 Å². The molecule has 3 rings (SSSR count). The third kappa shape index (κ3) is 13.7. The molecule has 2 saturated heterocycles. The summed E-state index contributed by atoms with van der Waals surface area (Å²) in [5.41, 5.74) is -1.33. The highest BCUT2D eigenvalue weighted by Crippen LogP contribution is 2.47. The molecule has 53 heavy (non-hydrogen) atoms. The molecule has 13 nitrogen and oxygen atoms in total. The first-order chi connectivity index (χ1) is 24.9. The van der Waals surface area contributed by atoms with Gasteiger partial charge in [0.25, 0.3) is 0 Å². The standard InChI is InChI=1S/C40H66O13/c1-9-10-11-12-13-14-33(43)52-37-27(22-34(44)47-8)21-30-24-31(26(2)41)51-35(45)23-28(42)16-19-48-32(38(3,4)5)25-29-17-20-49-36(50-29)15-18-39(6,7)40(37,46)53-30/h15,18,22,26,28-32,36-37,41-42,46H,9-14,16-17,19-21,23-25H2,1-8H3/b18-15+,27-22+/t26-,28-,29+,30+,31-,32+,36+,37+,40-/m1/s1. The van der Waals surface area contributed by atoms with Gasteiger partial charge in [-0.2, -0.15) is 0 Å². The van der Waals surface area contributed by atoms with Crippen LogP contribution in [0.3, 0.4) is 0 Å². The third-order valence-electron chi connectivity index (χ3n) is 10.3. The maximum Gasteiger partial charge on any atom is 0.330 e. The summed E-state index contributed by atoms with van der Waals surface area (Å²) >= 11 is 0. The highest BCUT2D eigenvalue weighted by molar-refractivity contribution is 5.83. The smallest absolute Gasteiger partial charge is 0.330 e. The second-order valence-corrected chi connectivity index (χ2v) is 16.4. The molecule has 0 aromatic heterocycles. The molecule has 0 aromatic rings. The Bertz CT molecular complexity index is 1240. The number of cyclic esters (lactones) is 1. The van der Waals surface area contributed by atoms with E-state index in [1.807, 2.05) is 0 Å². The van der Waals surface area contributed by atoms with Gasteiger partial charge in [-0.15, -0.1) is 0 Å². The summed E-state index contributed by atoms with van der Waals surface area (Å²) in [4.78, 5) is 39.1. The number of fused-ring (bicyclic) bond motifs is 4. The third-order valence-corrected chi connectivity index (χ3v) is 10.3. The lowest BCUT2D eigenvalue weighted by molar-refractivity contribution is -0.327. The molecule has 0 saturated carbocycles. The molecule has 0 aliphatic carbocycles. The van der Waals surface area contributed by atoms with E-state index in [9.17, 15) is 29.7 Å². The highest BCUT2D eigenvalue weighted by atomic mass is 16.7. The molecule has 3 aliphatic rings. The van der Waals surface area contributed by atoms with E-state index >= 15 is 0 Å². The van der Waals surface area contributed by atoms with Crippen molar-refractivity contribution in [2.45, 2.75) is 180 Å². The maximum absolute atomic E-state index is 13.3. The maximum atomic E-state index is 13.3. The van der Waals surface area contributed by atoms with Crippen LogP contribution in [0.15, 0.2) is 23.8 Å². The van der Waals surface area contributed by atoms with Crippen LogP contribution < -0.4 is 0 Å². The van der Waals surface area contributed by atoms with Crippen LogP contribution >= 0.6 is 0 Å². The van der Waals surface area contributed by atoms with Crippen LogP contribution in [-0.2, 0) is 47.5 Å². The van der Waals surface area contributed by atoms with Crippen molar-refractivity contribution in [2.24, 2.45) is 10.8 Å². The fourth-order valence-corrected chi connectivity index (χ4v) is 6.86. The van der Waals surface area contributed by atoms with Crippen LogP contribution in [-0.4, -0.2) is 108 Å². The highest BCUT2D eigenvalue weighted by Gasteiger charge is 2.57. The normalized spacial score (nSPS) is 34.0. The molecule has 0 spiro atoms. The molecule has 9 atom stereocenters. The van der Waals surface area contributed by atoms with Gasteiger partial charge in [-0.3, -0.25) is 9.59 Å². The monoisotopic (exact) mass is 754 g/mol. The van der Waals surface area contributed by atoms with Crippen LogP contribution in [0.1, 0.15) is 126 Å². The van der Waals surface area contributed by atoms with Gasteiger partial charge in [0, 0.05) is 37.4 Å². The summed E-state index contributed by atoms with van der Waals surface area (Å²) < 4.78 is 41.6. The lowest BCUT2D eigenvalue weighted by atomic mass is 9.74. The molecule has 3 N–H and O–H groups in total. The Kier molecular flexibility index (Phi) is 17.4. The molecular formula is C40H66O13. The van der Waals surface area contributed by atoms with Crippen molar-refractivity contribution in [1.29, 1.82) is 0 Å². The molecule has 4 bridgehead atoms. The van der Waals surface area contributed by atoms with Gasteiger partial charge in [-0.25, -0.2) is 4.79 Å². The van der Waals surface area contributed by atoms with Crippen molar-refractivity contribution in [3.63, 3.8) is 0 Å². The van der Waals surface area contributed by atoms with E-state index in [1.54, 1.807) is 26.0 Å². The number of methoxy groups -OCH3 is 1. The fraction of sp³-hybridized carbons (Fsp3) is 0.825. The van der Waals surface area contributed by atoms with Crippen molar-refractivity contribution < 1.29 is 62.9 Å².